The number of rotatable bonds is 8. The van der Waals surface area contributed by atoms with Gasteiger partial charge in [-0.1, -0.05) is 65.9 Å². The Bertz CT molecular complexity index is 1140. The second kappa shape index (κ2) is 9.36. The van der Waals surface area contributed by atoms with Crippen LogP contribution in [0.25, 0.3) is 10.4 Å². The molecule has 186 valence electrons. The molecule has 0 radical (unpaired) electrons. The van der Waals surface area contributed by atoms with Crippen LogP contribution in [0.4, 0.5) is 0 Å². The quantitative estimate of drug-likeness (QED) is 0.485. The van der Waals surface area contributed by atoms with Crippen LogP contribution in [-0.4, -0.2) is 31.0 Å². The molecule has 1 aromatic heterocycles. The number of nitrogens with one attached hydrogen (secondary N) is 1. The zero-order valence-corrected chi connectivity index (χ0v) is 22.2. The van der Waals surface area contributed by atoms with Crippen molar-refractivity contribution in [3.05, 3.63) is 35.0 Å². The first-order valence-electron chi connectivity index (χ1n) is 12.2. The lowest BCUT2D eigenvalue weighted by Gasteiger charge is -2.24. The number of thiazole rings is 1. The van der Waals surface area contributed by atoms with Crippen molar-refractivity contribution in [3.8, 4) is 10.4 Å². The van der Waals surface area contributed by atoms with Gasteiger partial charge in [-0.3, -0.25) is 4.79 Å². The molecule has 6 nitrogen and oxygen atoms in total. The van der Waals surface area contributed by atoms with Crippen LogP contribution in [0.1, 0.15) is 89.5 Å². The van der Waals surface area contributed by atoms with E-state index >= 15 is 0 Å². The van der Waals surface area contributed by atoms with Crippen LogP contribution in [0, 0.1) is 5.92 Å². The van der Waals surface area contributed by atoms with Crippen LogP contribution in [0.15, 0.2) is 22.5 Å². The Kier molecular flexibility index (Phi) is 6.97. The van der Waals surface area contributed by atoms with E-state index in [1.165, 1.54) is 30.4 Å². The number of nitrogens with zero attached hydrogens (tertiary/aromatic N) is 1. The van der Waals surface area contributed by atoms with Crippen LogP contribution in [0.3, 0.4) is 0 Å². The number of carbonyl (C=O) groups is 1. The number of aliphatic carboxylic acids is 1. The molecule has 2 fully saturated rings. The molecule has 8 heteroatoms. The summed E-state index contributed by atoms with van der Waals surface area (Å²) in [6.45, 7) is 8.24. The van der Waals surface area contributed by atoms with E-state index in [4.69, 9.17) is 5.11 Å². The molecular formula is C26H36N2O4S2. The summed E-state index contributed by atoms with van der Waals surface area (Å²) in [5.41, 5.74) is 4.53. The first kappa shape index (κ1) is 25.3. The summed E-state index contributed by atoms with van der Waals surface area (Å²) in [6.07, 6.45) is 9.03. The van der Waals surface area contributed by atoms with Crippen molar-refractivity contribution in [2.45, 2.75) is 94.2 Å². The molecule has 0 spiro atoms. The third-order valence-corrected chi connectivity index (χ3v) is 10.2. The van der Waals surface area contributed by atoms with Gasteiger partial charge in [0.05, 0.1) is 10.6 Å². The van der Waals surface area contributed by atoms with E-state index in [0.717, 1.165) is 59.6 Å². The van der Waals surface area contributed by atoms with Gasteiger partial charge < -0.3 is 5.11 Å². The Balaban J connectivity index is 1.80. The molecule has 0 unspecified atom stereocenters. The highest BCUT2D eigenvalue weighted by molar-refractivity contribution is 7.91. The van der Waals surface area contributed by atoms with Crippen molar-refractivity contribution in [2.75, 3.05) is 6.54 Å². The fourth-order valence-electron chi connectivity index (χ4n) is 4.71. The van der Waals surface area contributed by atoms with Crippen LogP contribution in [0.5, 0.6) is 0 Å². The van der Waals surface area contributed by atoms with Crippen LogP contribution >= 0.6 is 11.3 Å². The lowest BCUT2D eigenvalue weighted by molar-refractivity contribution is -0.135. The molecule has 2 aliphatic rings. The number of carboxylic acid groups (broad SMARTS) is 1. The minimum absolute atomic E-state index is 0.0395. The average Bonchev–Trinajstić information content (AvgIpc) is 3.38. The molecule has 2 aliphatic carbocycles. The maximum atomic E-state index is 12.9. The number of benzene rings is 1. The number of hydrogen-bond acceptors (Lipinski definition) is 5. The smallest absolute Gasteiger partial charge is 0.318 e. The normalized spacial score (nSPS) is 18.7. The standard InChI is InChI=1S/C26H36N2O4S2/c1-25(2,3)19-13-18(14-20(15-19)26(4)10-11-26)23-21(12-17-8-6-5-7-9-17)28-24(33-23)34(31,32)27-16-22(29)30/h13-15,17,27H,5-12,16H2,1-4H3,(H,29,30). The van der Waals surface area contributed by atoms with E-state index < -0.39 is 22.5 Å². The molecule has 0 bridgehead atoms. The van der Waals surface area contributed by atoms with E-state index in [9.17, 15) is 13.2 Å². The van der Waals surface area contributed by atoms with E-state index in [2.05, 4.69) is 55.6 Å². The van der Waals surface area contributed by atoms with Gasteiger partial charge in [0.1, 0.15) is 6.54 Å². The zero-order valence-electron chi connectivity index (χ0n) is 20.6. The molecule has 1 heterocycles. The van der Waals surface area contributed by atoms with Gasteiger partial charge in [0, 0.05) is 0 Å². The predicted molar refractivity (Wildman–Crippen MR) is 136 cm³/mol. The lowest BCUT2D eigenvalue weighted by Crippen LogP contribution is -2.29. The van der Waals surface area contributed by atoms with Gasteiger partial charge in [0.2, 0.25) is 4.34 Å². The molecule has 2 aromatic rings. The third kappa shape index (κ3) is 5.71. The lowest BCUT2D eigenvalue weighted by atomic mass is 9.82. The van der Waals surface area contributed by atoms with Gasteiger partial charge in [-0.25, -0.2) is 13.4 Å². The Labute approximate surface area is 207 Å². The van der Waals surface area contributed by atoms with Crippen LogP contribution in [-0.2, 0) is 32.1 Å². The topological polar surface area (TPSA) is 96.4 Å². The maximum Gasteiger partial charge on any atom is 0.318 e. The fraction of sp³-hybridized carbons (Fsp3) is 0.615. The highest BCUT2D eigenvalue weighted by Crippen LogP contribution is 2.50. The number of carboxylic acids is 1. The highest BCUT2D eigenvalue weighted by Gasteiger charge is 2.40. The molecular weight excluding hydrogens is 468 g/mol. The summed E-state index contributed by atoms with van der Waals surface area (Å²) >= 11 is 1.16. The van der Waals surface area contributed by atoms with E-state index in [0.29, 0.717) is 5.92 Å². The van der Waals surface area contributed by atoms with Gasteiger partial charge >= 0.3 is 5.97 Å². The molecule has 34 heavy (non-hydrogen) atoms. The Morgan fingerprint density at radius 3 is 2.44 bits per heavy atom. The summed E-state index contributed by atoms with van der Waals surface area (Å²) in [5, 5.41) is 8.95. The molecule has 0 aliphatic heterocycles. The van der Waals surface area contributed by atoms with Crippen molar-refractivity contribution in [3.63, 3.8) is 0 Å². The fourth-order valence-corrected chi connectivity index (χ4v) is 7.05. The van der Waals surface area contributed by atoms with E-state index in [-0.39, 0.29) is 15.2 Å². The molecule has 4 rings (SSSR count). The number of aromatic nitrogens is 1. The Morgan fingerprint density at radius 1 is 1.18 bits per heavy atom. The minimum atomic E-state index is -3.99. The number of sulfonamides is 1. The van der Waals surface area contributed by atoms with Gasteiger partial charge in [0.25, 0.3) is 10.0 Å². The van der Waals surface area contributed by atoms with Crippen molar-refractivity contribution >= 4 is 27.3 Å². The largest absolute Gasteiger partial charge is 0.480 e. The third-order valence-electron chi connectivity index (χ3n) is 7.29. The molecule has 1 aromatic carbocycles. The summed E-state index contributed by atoms with van der Waals surface area (Å²) in [6, 6.07) is 6.72. The summed E-state index contributed by atoms with van der Waals surface area (Å²) < 4.78 is 27.8. The van der Waals surface area contributed by atoms with Crippen LogP contribution in [0.2, 0.25) is 0 Å². The van der Waals surface area contributed by atoms with Gasteiger partial charge in [-0.2, -0.15) is 4.72 Å². The Hall–Kier alpha value is -1.77. The van der Waals surface area contributed by atoms with Crippen molar-refractivity contribution < 1.29 is 18.3 Å². The highest BCUT2D eigenvalue weighted by atomic mass is 32.2. The first-order chi connectivity index (χ1) is 15.9. The SMILES string of the molecule is CC(C)(C)c1cc(-c2sc(S(=O)(=O)NCC(=O)O)nc2CC2CCCCC2)cc(C2(C)CC2)c1. The molecule has 2 N–H and O–H groups in total. The molecule has 0 amide bonds. The molecule has 0 atom stereocenters. The number of hydrogen-bond donors (Lipinski definition) is 2. The van der Waals surface area contributed by atoms with E-state index in [1.807, 2.05) is 0 Å². The van der Waals surface area contributed by atoms with Crippen molar-refractivity contribution in [1.82, 2.24) is 9.71 Å². The second-order valence-corrected chi connectivity index (χ2v) is 14.2. The van der Waals surface area contributed by atoms with Crippen molar-refractivity contribution in [1.29, 1.82) is 0 Å². The molecule has 0 saturated heterocycles. The van der Waals surface area contributed by atoms with Gasteiger partial charge in [-0.15, -0.1) is 11.3 Å². The van der Waals surface area contributed by atoms with Crippen molar-refractivity contribution in [2.24, 2.45) is 5.92 Å². The second-order valence-electron chi connectivity index (χ2n) is 11.3. The van der Waals surface area contributed by atoms with Gasteiger partial charge in [-0.05, 0) is 64.8 Å². The van der Waals surface area contributed by atoms with Crippen LogP contribution < -0.4 is 4.72 Å². The van der Waals surface area contributed by atoms with E-state index in [1.54, 1.807) is 0 Å². The minimum Gasteiger partial charge on any atom is -0.480 e. The first-order valence-corrected chi connectivity index (χ1v) is 14.5. The predicted octanol–water partition coefficient (Wildman–Crippen LogP) is 5.64. The monoisotopic (exact) mass is 504 g/mol. The maximum absolute atomic E-state index is 12.9. The summed E-state index contributed by atoms with van der Waals surface area (Å²) in [5.74, 6) is -0.716. The summed E-state index contributed by atoms with van der Waals surface area (Å²) in [7, 11) is -3.99. The average molecular weight is 505 g/mol. The van der Waals surface area contributed by atoms with Gasteiger partial charge in [0.15, 0.2) is 0 Å². The Morgan fingerprint density at radius 2 is 1.85 bits per heavy atom. The molecule has 2 saturated carbocycles. The zero-order chi connectivity index (χ0) is 24.7. The summed E-state index contributed by atoms with van der Waals surface area (Å²) in [4.78, 5) is 16.5.